The van der Waals surface area contributed by atoms with E-state index < -0.39 is 35.1 Å². The van der Waals surface area contributed by atoms with Crippen molar-refractivity contribution in [3.8, 4) is 0 Å². The number of ketones is 1. The molecule has 0 spiro atoms. The highest BCUT2D eigenvalue weighted by Gasteiger charge is 2.50. The van der Waals surface area contributed by atoms with Crippen LogP contribution in [-0.2, 0) is 20.7 Å². The van der Waals surface area contributed by atoms with E-state index in [1.54, 1.807) is 6.92 Å². The molecule has 1 aromatic carbocycles. The Morgan fingerprint density at radius 3 is 2.41 bits per heavy atom. The third-order valence-electron chi connectivity index (χ3n) is 4.77. The molecule has 3 rings (SSSR count). The van der Waals surface area contributed by atoms with Crippen LogP contribution in [0.3, 0.4) is 0 Å². The second kappa shape index (κ2) is 8.40. The van der Waals surface area contributed by atoms with Crippen LogP contribution in [0.4, 0.5) is 0 Å². The van der Waals surface area contributed by atoms with Crippen molar-refractivity contribution in [1.29, 1.82) is 0 Å². The maximum atomic E-state index is 12.8. The third-order valence-corrected chi connectivity index (χ3v) is 4.77. The second-order valence-electron chi connectivity index (χ2n) is 7.26. The zero-order valence-corrected chi connectivity index (χ0v) is 16.2. The van der Waals surface area contributed by atoms with Crippen LogP contribution in [0.15, 0.2) is 53.3 Å². The van der Waals surface area contributed by atoms with Gasteiger partial charge < -0.3 is 20.4 Å². The quantitative estimate of drug-likeness (QED) is 0.563. The van der Waals surface area contributed by atoms with Gasteiger partial charge in [-0.1, -0.05) is 36.4 Å². The summed E-state index contributed by atoms with van der Waals surface area (Å²) in [5, 5.41) is 5.25. The van der Waals surface area contributed by atoms with Crippen molar-refractivity contribution in [3.63, 3.8) is 0 Å². The van der Waals surface area contributed by atoms with Crippen molar-refractivity contribution in [2.45, 2.75) is 38.0 Å². The maximum absolute atomic E-state index is 12.8. The highest BCUT2D eigenvalue weighted by molar-refractivity contribution is 5.99. The lowest BCUT2D eigenvalue weighted by molar-refractivity contribution is -0.131. The van der Waals surface area contributed by atoms with Crippen molar-refractivity contribution in [3.05, 3.63) is 70.1 Å². The van der Waals surface area contributed by atoms with Crippen LogP contribution < -0.4 is 16.2 Å². The monoisotopic (exact) mass is 397 g/mol. The summed E-state index contributed by atoms with van der Waals surface area (Å²) in [7, 11) is 0. The number of rotatable bonds is 8. The van der Waals surface area contributed by atoms with Gasteiger partial charge in [-0.2, -0.15) is 0 Å². The molecule has 1 aliphatic rings. The van der Waals surface area contributed by atoms with Gasteiger partial charge in [0, 0.05) is 6.07 Å². The summed E-state index contributed by atoms with van der Waals surface area (Å²) < 4.78 is 5.25. The van der Waals surface area contributed by atoms with Gasteiger partial charge in [0.1, 0.15) is 17.3 Å². The largest absolute Gasteiger partial charge is 0.361 e. The predicted molar refractivity (Wildman–Crippen MR) is 105 cm³/mol. The second-order valence-corrected chi connectivity index (χ2v) is 7.26. The van der Waals surface area contributed by atoms with E-state index in [0.717, 1.165) is 5.56 Å². The number of hydrogen-bond acceptors (Lipinski definition) is 5. The van der Waals surface area contributed by atoms with Gasteiger partial charge in [-0.3, -0.25) is 19.2 Å². The number of ether oxygens (including phenoxy) is 1. The van der Waals surface area contributed by atoms with Crippen LogP contribution in [0.25, 0.3) is 0 Å². The minimum atomic E-state index is -0.912. The Labute approximate surface area is 167 Å². The summed E-state index contributed by atoms with van der Waals surface area (Å²) in [6, 6.07) is 11.8. The Balaban J connectivity index is 1.67. The van der Waals surface area contributed by atoms with Crippen LogP contribution in [0.5, 0.6) is 0 Å². The Kier molecular flexibility index (Phi) is 5.93. The molecule has 2 unspecified atom stereocenters. The first-order valence-electron chi connectivity index (χ1n) is 9.31. The van der Waals surface area contributed by atoms with Gasteiger partial charge in [0.2, 0.25) is 11.5 Å². The molecule has 1 aliphatic heterocycles. The van der Waals surface area contributed by atoms with Crippen LogP contribution in [-0.4, -0.2) is 46.9 Å². The first kappa shape index (κ1) is 20.5. The number of benzene rings is 1. The smallest absolute Gasteiger partial charge is 0.268 e. The molecular formula is C21H23N3O5. The number of carbonyl (C=O) groups is 3. The minimum absolute atomic E-state index is 0.0490. The normalized spacial score (nSPS) is 19.7. The average Bonchev–Trinajstić information content (AvgIpc) is 3.46. The number of epoxide rings is 1. The molecule has 2 aromatic rings. The summed E-state index contributed by atoms with van der Waals surface area (Å²) in [6.07, 6.45) is 0.317. The van der Waals surface area contributed by atoms with E-state index in [9.17, 15) is 19.2 Å². The van der Waals surface area contributed by atoms with Gasteiger partial charge in [-0.05, 0) is 31.9 Å². The van der Waals surface area contributed by atoms with Crippen molar-refractivity contribution in [1.82, 2.24) is 15.6 Å². The molecule has 1 fully saturated rings. The molecule has 8 nitrogen and oxygen atoms in total. The van der Waals surface area contributed by atoms with Crippen LogP contribution >= 0.6 is 0 Å². The highest BCUT2D eigenvalue weighted by atomic mass is 16.6. The van der Waals surface area contributed by atoms with Gasteiger partial charge in [0.05, 0.1) is 12.6 Å². The molecule has 1 aromatic heterocycles. The molecule has 3 atom stereocenters. The van der Waals surface area contributed by atoms with Crippen LogP contribution in [0.2, 0.25) is 0 Å². The minimum Gasteiger partial charge on any atom is -0.361 e. The van der Waals surface area contributed by atoms with E-state index in [0.29, 0.717) is 13.0 Å². The first-order chi connectivity index (χ1) is 13.8. The van der Waals surface area contributed by atoms with Crippen molar-refractivity contribution in [2.75, 3.05) is 6.61 Å². The number of hydrogen-bond donors (Lipinski definition) is 3. The fourth-order valence-electron chi connectivity index (χ4n) is 2.90. The molecule has 29 heavy (non-hydrogen) atoms. The van der Waals surface area contributed by atoms with Crippen molar-refractivity contribution < 1.29 is 19.1 Å². The molecular weight excluding hydrogens is 374 g/mol. The average molecular weight is 397 g/mol. The Hall–Kier alpha value is -3.26. The van der Waals surface area contributed by atoms with E-state index in [4.69, 9.17) is 4.74 Å². The fourth-order valence-corrected chi connectivity index (χ4v) is 2.90. The topological polar surface area (TPSA) is 121 Å². The van der Waals surface area contributed by atoms with Crippen LogP contribution in [0.1, 0.15) is 29.9 Å². The molecule has 8 heteroatoms. The number of Topliss-reactive ketones (excluding diaryl/α,β-unsaturated/α-hetero) is 1. The number of nitrogens with one attached hydrogen (secondary N) is 3. The molecule has 2 heterocycles. The van der Waals surface area contributed by atoms with E-state index in [-0.39, 0.29) is 11.5 Å². The number of aromatic nitrogens is 1. The van der Waals surface area contributed by atoms with E-state index in [2.05, 4.69) is 15.6 Å². The lowest BCUT2D eigenvalue weighted by Crippen LogP contribution is -2.53. The van der Waals surface area contributed by atoms with Gasteiger partial charge in [-0.25, -0.2) is 0 Å². The summed E-state index contributed by atoms with van der Waals surface area (Å²) in [5.74, 6) is -1.30. The zero-order valence-electron chi connectivity index (χ0n) is 16.2. The molecule has 0 saturated carbocycles. The summed E-state index contributed by atoms with van der Waals surface area (Å²) in [6.45, 7) is 3.52. The van der Waals surface area contributed by atoms with Crippen LogP contribution in [0, 0.1) is 0 Å². The molecule has 3 N–H and O–H groups in total. The molecule has 0 radical (unpaired) electrons. The van der Waals surface area contributed by atoms with E-state index >= 15 is 0 Å². The lowest BCUT2D eigenvalue weighted by atomic mass is 9.94. The maximum Gasteiger partial charge on any atom is 0.268 e. The Morgan fingerprint density at radius 2 is 1.79 bits per heavy atom. The predicted octanol–water partition coefficient (Wildman–Crippen LogP) is 0.579. The van der Waals surface area contributed by atoms with Gasteiger partial charge in [0.25, 0.3) is 5.91 Å². The number of aromatic amines is 1. The van der Waals surface area contributed by atoms with E-state index in [1.165, 1.54) is 25.1 Å². The van der Waals surface area contributed by atoms with Gasteiger partial charge in [-0.15, -0.1) is 0 Å². The standard InChI is InChI=1S/C21H23N3O5/c1-13(22-20(28)15-9-6-10-17(25)23-15)19(27)24-16(18(26)21(2)12-29-21)11-14-7-4-3-5-8-14/h3-10,13,16H,11-12H2,1-2H3,(H,22,28)(H,23,25)(H,24,27)/t13?,16?,21-/m1/s1. The Bertz CT molecular complexity index is 966. The third kappa shape index (κ3) is 5.17. The van der Waals surface area contributed by atoms with E-state index in [1.807, 2.05) is 30.3 Å². The summed E-state index contributed by atoms with van der Waals surface area (Å²) in [5.41, 5.74) is -0.356. The van der Waals surface area contributed by atoms with Gasteiger partial charge in [0.15, 0.2) is 5.78 Å². The number of amides is 2. The highest BCUT2D eigenvalue weighted by Crippen LogP contribution is 2.29. The molecule has 0 aliphatic carbocycles. The molecule has 1 saturated heterocycles. The Morgan fingerprint density at radius 1 is 1.10 bits per heavy atom. The summed E-state index contributed by atoms with van der Waals surface area (Å²) >= 11 is 0. The lowest BCUT2D eigenvalue weighted by Gasteiger charge is -2.22. The number of pyridine rings is 1. The fraction of sp³-hybridized carbons (Fsp3) is 0.333. The molecule has 2 amide bonds. The molecule has 152 valence electrons. The SMILES string of the molecule is CC(NC(=O)c1cccc(=O)[nH]1)C(=O)NC(Cc1ccccc1)C(=O)[C@@]1(C)CO1. The zero-order chi connectivity index (χ0) is 21.0. The van der Waals surface area contributed by atoms with Crippen molar-refractivity contribution in [2.24, 2.45) is 0 Å². The number of H-pyrrole nitrogens is 1. The first-order valence-corrected chi connectivity index (χ1v) is 9.31. The molecule has 0 bridgehead atoms. The van der Waals surface area contributed by atoms with Gasteiger partial charge >= 0.3 is 0 Å². The van der Waals surface area contributed by atoms with Crippen molar-refractivity contribution >= 4 is 17.6 Å². The number of carbonyl (C=O) groups excluding carboxylic acids is 3. The summed E-state index contributed by atoms with van der Waals surface area (Å²) in [4.78, 5) is 51.4.